The van der Waals surface area contributed by atoms with Gasteiger partial charge >= 0.3 is 6.09 Å². The highest BCUT2D eigenvalue weighted by Crippen LogP contribution is 2.23. The molecule has 0 atom stereocenters. The Hall–Kier alpha value is -3.16. The Labute approximate surface area is 157 Å². The number of aromatic nitrogens is 5. The van der Waals surface area contributed by atoms with Gasteiger partial charge in [-0.15, -0.1) is 10.2 Å². The van der Waals surface area contributed by atoms with Crippen LogP contribution < -0.4 is 0 Å². The van der Waals surface area contributed by atoms with Crippen molar-refractivity contribution in [2.24, 2.45) is 0 Å². The number of hydrogen-bond donors (Lipinski definition) is 0. The van der Waals surface area contributed by atoms with Gasteiger partial charge in [-0.3, -0.25) is 4.90 Å². The van der Waals surface area contributed by atoms with Gasteiger partial charge in [-0.1, -0.05) is 18.2 Å². The van der Waals surface area contributed by atoms with Gasteiger partial charge in [0.15, 0.2) is 11.6 Å². The molecule has 0 unspecified atom stereocenters. The van der Waals surface area contributed by atoms with Crippen molar-refractivity contribution < 1.29 is 9.53 Å². The van der Waals surface area contributed by atoms with E-state index in [0.29, 0.717) is 19.6 Å². The highest BCUT2D eigenvalue weighted by Gasteiger charge is 2.28. The quantitative estimate of drug-likeness (QED) is 0.697. The molecule has 0 saturated heterocycles. The molecule has 1 aliphatic rings. The van der Waals surface area contributed by atoms with Crippen molar-refractivity contribution >= 4 is 6.09 Å². The Morgan fingerprint density at radius 2 is 1.89 bits per heavy atom. The van der Waals surface area contributed by atoms with E-state index >= 15 is 0 Å². The lowest BCUT2D eigenvalue weighted by Gasteiger charge is -2.30. The third-order valence-corrected chi connectivity index (χ3v) is 4.27. The molecule has 0 bridgehead atoms. The van der Waals surface area contributed by atoms with E-state index in [1.165, 1.54) is 0 Å². The lowest BCUT2D eigenvalue weighted by atomic mass is 10.2. The zero-order chi connectivity index (χ0) is 19.0. The van der Waals surface area contributed by atoms with Crippen LogP contribution in [0.2, 0.25) is 0 Å². The lowest BCUT2D eigenvalue weighted by Crippen LogP contribution is -2.41. The molecule has 0 aliphatic carbocycles. The van der Waals surface area contributed by atoms with Crippen LogP contribution in [0, 0.1) is 0 Å². The second-order valence-electron chi connectivity index (χ2n) is 7.50. The molecule has 0 saturated carbocycles. The highest BCUT2D eigenvalue weighted by molar-refractivity contribution is 5.68. The Balaban J connectivity index is 1.54. The lowest BCUT2D eigenvalue weighted by molar-refractivity contribution is 0.0196. The SMILES string of the molecule is CC(C)(C)OC(=O)N1CCn2c(nnc2-c2cnn(-c3ccccc3)c2)C1. The molecule has 140 valence electrons. The molecule has 2 aromatic heterocycles. The van der Waals surface area contributed by atoms with Gasteiger partial charge in [-0.2, -0.15) is 5.10 Å². The molecule has 0 radical (unpaired) electrons. The standard InChI is InChI=1S/C19H22N6O2/c1-19(2,3)27-18(26)23-9-10-24-16(13-23)21-22-17(24)14-11-20-25(12-14)15-7-5-4-6-8-15/h4-8,11-12H,9-10,13H2,1-3H3. The molecule has 0 spiro atoms. The summed E-state index contributed by atoms with van der Waals surface area (Å²) < 4.78 is 9.30. The maximum Gasteiger partial charge on any atom is 0.410 e. The summed E-state index contributed by atoms with van der Waals surface area (Å²) in [6, 6.07) is 9.91. The topological polar surface area (TPSA) is 78.1 Å². The third kappa shape index (κ3) is 3.55. The number of carbonyl (C=O) groups excluding carboxylic acids is 1. The van der Waals surface area contributed by atoms with E-state index in [9.17, 15) is 4.79 Å². The monoisotopic (exact) mass is 366 g/mol. The minimum Gasteiger partial charge on any atom is -0.444 e. The first kappa shape index (κ1) is 17.3. The van der Waals surface area contributed by atoms with Gasteiger partial charge in [-0.05, 0) is 32.9 Å². The summed E-state index contributed by atoms with van der Waals surface area (Å²) >= 11 is 0. The van der Waals surface area contributed by atoms with Crippen molar-refractivity contribution in [3.8, 4) is 17.1 Å². The van der Waals surface area contributed by atoms with Crippen LogP contribution in [0.15, 0.2) is 42.7 Å². The number of nitrogens with zero attached hydrogens (tertiary/aromatic N) is 6. The van der Waals surface area contributed by atoms with E-state index in [1.807, 2.05) is 66.5 Å². The maximum atomic E-state index is 12.3. The van der Waals surface area contributed by atoms with Crippen LogP contribution in [0.25, 0.3) is 17.1 Å². The van der Waals surface area contributed by atoms with Gasteiger partial charge in [0.2, 0.25) is 0 Å². The average molecular weight is 366 g/mol. The summed E-state index contributed by atoms with van der Waals surface area (Å²) in [4.78, 5) is 14.0. The summed E-state index contributed by atoms with van der Waals surface area (Å²) in [5.41, 5.74) is 1.36. The summed E-state index contributed by atoms with van der Waals surface area (Å²) in [6.45, 7) is 7.14. The van der Waals surface area contributed by atoms with Gasteiger partial charge in [0, 0.05) is 19.3 Å². The number of para-hydroxylation sites is 1. The van der Waals surface area contributed by atoms with Crippen molar-refractivity contribution in [2.45, 2.75) is 39.5 Å². The van der Waals surface area contributed by atoms with Crippen LogP contribution in [0.1, 0.15) is 26.6 Å². The molecule has 1 aliphatic heterocycles. The van der Waals surface area contributed by atoms with Crippen molar-refractivity contribution in [2.75, 3.05) is 6.54 Å². The summed E-state index contributed by atoms with van der Waals surface area (Å²) in [7, 11) is 0. The van der Waals surface area contributed by atoms with E-state index in [0.717, 1.165) is 22.9 Å². The number of hydrogen-bond acceptors (Lipinski definition) is 5. The first-order valence-corrected chi connectivity index (χ1v) is 8.91. The number of carbonyl (C=O) groups is 1. The van der Waals surface area contributed by atoms with E-state index in [4.69, 9.17) is 4.74 Å². The van der Waals surface area contributed by atoms with E-state index in [1.54, 1.807) is 11.1 Å². The second kappa shape index (κ2) is 6.53. The second-order valence-corrected chi connectivity index (χ2v) is 7.50. The van der Waals surface area contributed by atoms with Gasteiger partial charge in [0.25, 0.3) is 0 Å². The number of benzene rings is 1. The fourth-order valence-corrected chi connectivity index (χ4v) is 3.01. The van der Waals surface area contributed by atoms with Gasteiger partial charge in [0.05, 0.1) is 24.0 Å². The molecule has 27 heavy (non-hydrogen) atoms. The molecule has 1 amide bonds. The minimum atomic E-state index is -0.515. The zero-order valence-corrected chi connectivity index (χ0v) is 15.7. The fourth-order valence-electron chi connectivity index (χ4n) is 3.01. The molecule has 8 heteroatoms. The minimum absolute atomic E-state index is 0.324. The van der Waals surface area contributed by atoms with Gasteiger partial charge in [0.1, 0.15) is 5.60 Å². The largest absolute Gasteiger partial charge is 0.444 e. The first-order valence-electron chi connectivity index (χ1n) is 8.91. The van der Waals surface area contributed by atoms with Crippen molar-refractivity contribution in [3.05, 3.63) is 48.5 Å². The van der Waals surface area contributed by atoms with Crippen LogP contribution in [-0.4, -0.2) is 47.7 Å². The molecular weight excluding hydrogens is 344 g/mol. The van der Waals surface area contributed by atoms with E-state index < -0.39 is 5.60 Å². The van der Waals surface area contributed by atoms with E-state index in [2.05, 4.69) is 15.3 Å². The van der Waals surface area contributed by atoms with E-state index in [-0.39, 0.29) is 6.09 Å². The molecule has 0 fully saturated rings. The molecule has 1 aromatic carbocycles. The summed E-state index contributed by atoms with van der Waals surface area (Å²) in [6.07, 6.45) is 3.40. The van der Waals surface area contributed by atoms with Crippen LogP contribution in [0.4, 0.5) is 4.79 Å². The Morgan fingerprint density at radius 1 is 1.11 bits per heavy atom. The number of amides is 1. The first-order chi connectivity index (χ1) is 12.9. The predicted octanol–water partition coefficient (Wildman–Crippen LogP) is 2.88. The van der Waals surface area contributed by atoms with Gasteiger partial charge in [-0.25, -0.2) is 9.48 Å². The number of rotatable bonds is 2. The van der Waals surface area contributed by atoms with Gasteiger partial charge < -0.3 is 9.30 Å². The van der Waals surface area contributed by atoms with Crippen LogP contribution >= 0.6 is 0 Å². The van der Waals surface area contributed by atoms with Crippen LogP contribution in [0.3, 0.4) is 0 Å². The number of ether oxygens (including phenoxy) is 1. The zero-order valence-electron chi connectivity index (χ0n) is 15.7. The highest BCUT2D eigenvalue weighted by atomic mass is 16.6. The Kier molecular flexibility index (Phi) is 4.18. The Bertz CT molecular complexity index is 954. The molecular formula is C19H22N6O2. The predicted molar refractivity (Wildman–Crippen MR) is 99.2 cm³/mol. The summed E-state index contributed by atoms with van der Waals surface area (Å²) in [5.74, 6) is 1.51. The van der Waals surface area contributed by atoms with Crippen molar-refractivity contribution in [1.82, 2.24) is 29.4 Å². The normalized spacial score (nSPS) is 14.1. The molecule has 0 N–H and O–H groups in total. The molecule has 3 heterocycles. The third-order valence-electron chi connectivity index (χ3n) is 4.27. The molecule has 3 aromatic rings. The summed E-state index contributed by atoms with van der Waals surface area (Å²) in [5, 5.41) is 13.0. The maximum absolute atomic E-state index is 12.3. The van der Waals surface area contributed by atoms with Crippen molar-refractivity contribution in [3.63, 3.8) is 0 Å². The van der Waals surface area contributed by atoms with Crippen molar-refractivity contribution in [1.29, 1.82) is 0 Å². The fraction of sp³-hybridized carbons (Fsp3) is 0.368. The van der Waals surface area contributed by atoms with Crippen LogP contribution in [0.5, 0.6) is 0 Å². The molecule has 8 nitrogen and oxygen atoms in total. The number of fused-ring (bicyclic) bond motifs is 1. The smallest absolute Gasteiger partial charge is 0.410 e. The molecule has 4 rings (SSSR count). The van der Waals surface area contributed by atoms with Crippen LogP contribution in [-0.2, 0) is 17.8 Å². The average Bonchev–Trinajstić information content (AvgIpc) is 3.27. The Morgan fingerprint density at radius 3 is 2.63 bits per heavy atom.